The first kappa shape index (κ1) is 14.2. The lowest BCUT2D eigenvalue weighted by Gasteiger charge is -2.23. The maximum atomic E-state index is 12.4. The summed E-state index contributed by atoms with van der Waals surface area (Å²) in [5.41, 5.74) is 2.73. The number of hydrogen-bond acceptors (Lipinski definition) is 4. The van der Waals surface area contributed by atoms with Crippen molar-refractivity contribution in [2.24, 2.45) is 0 Å². The predicted octanol–water partition coefficient (Wildman–Crippen LogP) is 2.60. The van der Waals surface area contributed by atoms with E-state index in [0.717, 1.165) is 42.2 Å². The highest BCUT2D eigenvalue weighted by Gasteiger charge is 2.16. The van der Waals surface area contributed by atoms with Crippen molar-refractivity contribution in [1.29, 1.82) is 0 Å². The molecule has 0 saturated carbocycles. The molecule has 2 heterocycles. The van der Waals surface area contributed by atoms with E-state index < -0.39 is 0 Å². The Balaban J connectivity index is 1.74. The van der Waals surface area contributed by atoms with Crippen molar-refractivity contribution in [3.8, 4) is 10.6 Å². The van der Waals surface area contributed by atoms with Crippen LogP contribution in [0.1, 0.15) is 28.9 Å². The number of hydrogen-bond donors (Lipinski definition) is 2. The molecule has 5 heteroatoms. The smallest absolute Gasteiger partial charge is 0.251 e. The van der Waals surface area contributed by atoms with Crippen LogP contribution in [-0.4, -0.2) is 30.0 Å². The van der Waals surface area contributed by atoms with Gasteiger partial charge in [0.2, 0.25) is 0 Å². The Morgan fingerprint density at radius 3 is 2.90 bits per heavy atom. The van der Waals surface area contributed by atoms with E-state index >= 15 is 0 Å². The van der Waals surface area contributed by atoms with Crippen LogP contribution in [0.5, 0.6) is 0 Å². The minimum atomic E-state index is 0.0111. The molecule has 1 aliphatic heterocycles. The molecule has 1 saturated heterocycles. The van der Waals surface area contributed by atoms with Crippen LogP contribution in [0.3, 0.4) is 0 Å². The summed E-state index contributed by atoms with van der Waals surface area (Å²) in [7, 11) is 0. The van der Waals surface area contributed by atoms with Gasteiger partial charge in [0.05, 0.1) is 0 Å². The van der Waals surface area contributed by atoms with Crippen molar-refractivity contribution < 1.29 is 4.79 Å². The van der Waals surface area contributed by atoms with Crippen LogP contribution in [0.15, 0.2) is 29.6 Å². The minimum Gasteiger partial charge on any atom is -0.349 e. The highest BCUT2D eigenvalue weighted by Crippen LogP contribution is 2.24. The van der Waals surface area contributed by atoms with Gasteiger partial charge in [0, 0.05) is 28.2 Å². The molecule has 110 valence electrons. The number of amides is 1. The second-order valence-electron chi connectivity index (χ2n) is 5.37. The average molecular weight is 301 g/mol. The lowest BCUT2D eigenvalue weighted by atomic mass is 10.1. The molecule has 0 atom stereocenters. The highest BCUT2D eigenvalue weighted by molar-refractivity contribution is 7.13. The molecule has 1 fully saturated rings. The SMILES string of the molecule is Cc1csc(-c2cccc(C(=O)NC3CCNCC3)c2)n1. The van der Waals surface area contributed by atoms with Gasteiger partial charge in [-0.05, 0) is 45.0 Å². The molecule has 1 aliphatic rings. The quantitative estimate of drug-likeness (QED) is 0.916. The van der Waals surface area contributed by atoms with Crippen molar-refractivity contribution in [3.05, 3.63) is 40.9 Å². The van der Waals surface area contributed by atoms with E-state index in [1.54, 1.807) is 11.3 Å². The van der Waals surface area contributed by atoms with Gasteiger partial charge in [-0.25, -0.2) is 4.98 Å². The number of thiazole rings is 1. The van der Waals surface area contributed by atoms with E-state index in [-0.39, 0.29) is 11.9 Å². The number of aryl methyl sites for hydroxylation is 1. The van der Waals surface area contributed by atoms with Gasteiger partial charge in [-0.3, -0.25) is 4.79 Å². The molecule has 1 aromatic heterocycles. The molecular weight excluding hydrogens is 282 g/mol. The number of nitrogens with one attached hydrogen (secondary N) is 2. The fourth-order valence-corrected chi connectivity index (χ4v) is 3.31. The number of piperidine rings is 1. The van der Waals surface area contributed by atoms with Crippen LogP contribution in [-0.2, 0) is 0 Å². The third-order valence-electron chi connectivity index (χ3n) is 3.67. The Kier molecular flexibility index (Phi) is 4.31. The van der Waals surface area contributed by atoms with Gasteiger partial charge in [-0.15, -0.1) is 11.3 Å². The molecule has 0 unspecified atom stereocenters. The maximum absolute atomic E-state index is 12.4. The molecule has 1 amide bonds. The number of benzene rings is 1. The predicted molar refractivity (Wildman–Crippen MR) is 85.6 cm³/mol. The van der Waals surface area contributed by atoms with E-state index in [1.807, 2.05) is 36.6 Å². The zero-order valence-electron chi connectivity index (χ0n) is 12.1. The molecule has 0 radical (unpaired) electrons. The minimum absolute atomic E-state index is 0.0111. The third kappa shape index (κ3) is 3.49. The standard InChI is InChI=1S/C16H19N3OS/c1-11-10-21-16(18-11)13-4-2-3-12(9-13)15(20)19-14-5-7-17-8-6-14/h2-4,9-10,14,17H,5-8H2,1H3,(H,19,20). The Morgan fingerprint density at radius 2 is 2.19 bits per heavy atom. The zero-order chi connectivity index (χ0) is 14.7. The summed E-state index contributed by atoms with van der Waals surface area (Å²) in [6, 6.07) is 7.99. The Labute approximate surface area is 128 Å². The fraction of sp³-hybridized carbons (Fsp3) is 0.375. The second kappa shape index (κ2) is 6.37. The first-order valence-corrected chi connectivity index (χ1v) is 8.14. The molecule has 21 heavy (non-hydrogen) atoms. The summed E-state index contributed by atoms with van der Waals surface area (Å²) >= 11 is 1.61. The van der Waals surface area contributed by atoms with Gasteiger partial charge in [0.15, 0.2) is 0 Å². The molecule has 2 aromatic rings. The van der Waals surface area contributed by atoms with Gasteiger partial charge in [0.25, 0.3) is 5.91 Å². The van der Waals surface area contributed by atoms with Crippen molar-refractivity contribution in [3.63, 3.8) is 0 Å². The van der Waals surface area contributed by atoms with Crippen LogP contribution in [0.25, 0.3) is 10.6 Å². The van der Waals surface area contributed by atoms with Crippen molar-refractivity contribution >= 4 is 17.2 Å². The van der Waals surface area contributed by atoms with Gasteiger partial charge < -0.3 is 10.6 Å². The first-order valence-electron chi connectivity index (χ1n) is 7.26. The topological polar surface area (TPSA) is 54.0 Å². The first-order chi connectivity index (χ1) is 10.2. The van der Waals surface area contributed by atoms with Crippen molar-refractivity contribution in [1.82, 2.24) is 15.6 Å². The number of carbonyl (C=O) groups excluding carboxylic acids is 1. The summed E-state index contributed by atoms with van der Waals surface area (Å²) in [5.74, 6) is 0.0111. The fourth-order valence-electron chi connectivity index (χ4n) is 2.52. The van der Waals surface area contributed by atoms with Gasteiger partial charge >= 0.3 is 0 Å². The van der Waals surface area contributed by atoms with Crippen LogP contribution >= 0.6 is 11.3 Å². The van der Waals surface area contributed by atoms with E-state index in [1.165, 1.54) is 0 Å². The number of nitrogens with zero attached hydrogens (tertiary/aromatic N) is 1. The van der Waals surface area contributed by atoms with Gasteiger partial charge in [0.1, 0.15) is 5.01 Å². The summed E-state index contributed by atoms with van der Waals surface area (Å²) in [6.07, 6.45) is 1.99. The van der Waals surface area contributed by atoms with E-state index in [9.17, 15) is 4.79 Å². The van der Waals surface area contributed by atoms with Crippen LogP contribution in [0, 0.1) is 6.92 Å². The lowest BCUT2D eigenvalue weighted by molar-refractivity contribution is 0.0929. The lowest BCUT2D eigenvalue weighted by Crippen LogP contribution is -2.42. The maximum Gasteiger partial charge on any atom is 0.251 e. The van der Waals surface area contributed by atoms with E-state index in [0.29, 0.717) is 5.56 Å². The summed E-state index contributed by atoms with van der Waals surface area (Å²) in [6.45, 7) is 3.93. The molecule has 4 nitrogen and oxygen atoms in total. The number of carbonyl (C=O) groups is 1. The van der Waals surface area contributed by atoms with E-state index in [4.69, 9.17) is 0 Å². The molecule has 0 aliphatic carbocycles. The summed E-state index contributed by atoms with van der Waals surface area (Å²) < 4.78 is 0. The van der Waals surface area contributed by atoms with Crippen LogP contribution in [0.4, 0.5) is 0 Å². The number of rotatable bonds is 3. The summed E-state index contributed by atoms with van der Waals surface area (Å²) in [5, 5.41) is 9.41. The molecule has 0 bridgehead atoms. The van der Waals surface area contributed by atoms with Crippen LogP contribution in [0.2, 0.25) is 0 Å². The Morgan fingerprint density at radius 1 is 1.38 bits per heavy atom. The molecular formula is C16H19N3OS. The summed E-state index contributed by atoms with van der Waals surface area (Å²) in [4.78, 5) is 16.8. The van der Waals surface area contributed by atoms with E-state index in [2.05, 4.69) is 15.6 Å². The molecule has 1 aromatic carbocycles. The molecule has 0 spiro atoms. The highest BCUT2D eigenvalue weighted by atomic mass is 32.1. The number of aromatic nitrogens is 1. The Hall–Kier alpha value is -1.72. The van der Waals surface area contributed by atoms with Crippen molar-refractivity contribution in [2.75, 3.05) is 13.1 Å². The van der Waals surface area contributed by atoms with Gasteiger partial charge in [-0.1, -0.05) is 12.1 Å². The van der Waals surface area contributed by atoms with Crippen LogP contribution < -0.4 is 10.6 Å². The Bertz CT molecular complexity index is 632. The zero-order valence-corrected chi connectivity index (χ0v) is 12.9. The molecule has 3 rings (SSSR count). The second-order valence-corrected chi connectivity index (χ2v) is 6.23. The monoisotopic (exact) mass is 301 g/mol. The third-order valence-corrected chi connectivity index (χ3v) is 4.67. The average Bonchev–Trinajstić information content (AvgIpc) is 2.95. The van der Waals surface area contributed by atoms with Gasteiger partial charge in [-0.2, -0.15) is 0 Å². The largest absolute Gasteiger partial charge is 0.349 e. The molecule has 2 N–H and O–H groups in total. The van der Waals surface area contributed by atoms with Crippen molar-refractivity contribution in [2.45, 2.75) is 25.8 Å². The normalized spacial score (nSPS) is 15.9.